The highest BCUT2D eigenvalue weighted by molar-refractivity contribution is 6.33. The second-order valence-electron chi connectivity index (χ2n) is 4.12. The Morgan fingerprint density at radius 2 is 1.79 bits per heavy atom. The van der Waals surface area contributed by atoms with Gasteiger partial charge in [0.1, 0.15) is 0 Å². The van der Waals surface area contributed by atoms with Gasteiger partial charge in [-0.25, -0.2) is 0 Å². The van der Waals surface area contributed by atoms with Crippen LogP contribution in [0, 0.1) is 0 Å². The van der Waals surface area contributed by atoms with Crippen LogP contribution in [0.3, 0.4) is 0 Å². The first-order chi connectivity index (χ1) is 9.13. The molecule has 3 nitrogen and oxygen atoms in total. The number of amides is 1. The zero-order valence-corrected chi connectivity index (χ0v) is 11.2. The predicted molar refractivity (Wildman–Crippen MR) is 75.9 cm³/mol. The van der Waals surface area contributed by atoms with Gasteiger partial charge >= 0.3 is 0 Å². The third-order valence-corrected chi connectivity index (χ3v) is 3.24. The van der Waals surface area contributed by atoms with Crippen molar-refractivity contribution in [1.29, 1.82) is 0 Å². The molecule has 98 valence electrons. The van der Waals surface area contributed by atoms with Gasteiger partial charge in [0.15, 0.2) is 6.10 Å². The third-order valence-electron chi connectivity index (χ3n) is 2.91. The number of rotatable bonds is 3. The molecule has 0 radical (unpaired) electrons. The van der Waals surface area contributed by atoms with Gasteiger partial charge in [0.05, 0.1) is 0 Å². The zero-order chi connectivity index (χ0) is 13.8. The number of aliphatic hydroxyl groups is 1. The van der Waals surface area contributed by atoms with Gasteiger partial charge in [0.2, 0.25) is 0 Å². The molecule has 2 aromatic rings. The summed E-state index contributed by atoms with van der Waals surface area (Å²) in [6.07, 6.45) is -1.15. The SMILES string of the molecule is CNC(=O)C(O)c1ccc(-c2ccccc2Cl)cc1. The summed E-state index contributed by atoms with van der Waals surface area (Å²) in [4.78, 5) is 11.3. The van der Waals surface area contributed by atoms with E-state index in [9.17, 15) is 9.90 Å². The third kappa shape index (κ3) is 2.95. The van der Waals surface area contributed by atoms with Gasteiger partial charge in [-0.05, 0) is 17.2 Å². The van der Waals surface area contributed by atoms with E-state index in [1.807, 2.05) is 36.4 Å². The van der Waals surface area contributed by atoms with Crippen LogP contribution in [0.25, 0.3) is 11.1 Å². The molecule has 1 unspecified atom stereocenters. The summed E-state index contributed by atoms with van der Waals surface area (Å²) in [6, 6.07) is 14.6. The Labute approximate surface area is 116 Å². The molecule has 1 atom stereocenters. The summed E-state index contributed by atoms with van der Waals surface area (Å²) < 4.78 is 0. The van der Waals surface area contributed by atoms with Gasteiger partial charge < -0.3 is 10.4 Å². The first kappa shape index (κ1) is 13.6. The summed E-state index contributed by atoms with van der Waals surface area (Å²) in [7, 11) is 1.49. The lowest BCUT2D eigenvalue weighted by Crippen LogP contribution is -2.25. The van der Waals surface area contributed by atoms with Gasteiger partial charge in [-0.1, -0.05) is 54.1 Å². The van der Waals surface area contributed by atoms with Crippen molar-refractivity contribution in [2.24, 2.45) is 0 Å². The van der Waals surface area contributed by atoms with E-state index in [2.05, 4.69) is 5.32 Å². The number of likely N-dealkylation sites (N-methyl/N-ethyl adjacent to an activating group) is 1. The maximum absolute atomic E-state index is 11.3. The lowest BCUT2D eigenvalue weighted by molar-refractivity contribution is -0.129. The molecular formula is C15H14ClNO2. The van der Waals surface area contributed by atoms with E-state index >= 15 is 0 Å². The molecule has 0 spiro atoms. The van der Waals surface area contributed by atoms with Crippen molar-refractivity contribution in [3.05, 3.63) is 59.1 Å². The summed E-state index contributed by atoms with van der Waals surface area (Å²) in [5.41, 5.74) is 2.42. The van der Waals surface area contributed by atoms with Crippen LogP contribution >= 0.6 is 11.6 Å². The molecule has 19 heavy (non-hydrogen) atoms. The van der Waals surface area contributed by atoms with E-state index in [1.165, 1.54) is 7.05 Å². The molecule has 2 N–H and O–H groups in total. The monoisotopic (exact) mass is 275 g/mol. The zero-order valence-electron chi connectivity index (χ0n) is 10.4. The second kappa shape index (κ2) is 5.87. The van der Waals surface area contributed by atoms with Crippen LogP contribution < -0.4 is 5.32 Å². The highest BCUT2D eigenvalue weighted by Gasteiger charge is 2.15. The summed E-state index contributed by atoms with van der Waals surface area (Å²) in [5.74, 6) is -0.425. The predicted octanol–water partition coefficient (Wildman–Crippen LogP) is 2.79. The van der Waals surface area contributed by atoms with E-state index in [1.54, 1.807) is 12.1 Å². The van der Waals surface area contributed by atoms with E-state index in [0.29, 0.717) is 10.6 Å². The van der Waals surface area contributed by atoms with Crippen molar-refractivity contribution in [2.45, 2.75) is 6.10 Å². The number of halogens is 1. The van der Waals surface area contributed by atoms with Crippen molar-refractivity contribution in [3.63, 3.8) is 0 Å². The fraction of sp³-hybridized carbons (Fsp3) is 0.133. The number of carbonyl (C=O) groups excluding carboxylic acids is 1. The highest BCUT2D eigenvalue weighted by atomic mass is 35.5. The molecule has 0 saturated carbocycles. The number of hydrogen-bond donors (Lipinski definition) is 2. The molecule has 0 bridgehead atoms. The maximum Gasteiger partial charge on any atom is 0.253 e. The number of carbonyl (C=O) groups is 1. The lowest BCUT2D eigenvalue weighted by Gasteiger charge is -2.10. The molecule has 4 heteroatoms. The summed E-state index contributed by atoms with van der Waals surface area (Å²) in [5, 5.41) is 12.8. The fourth-order valence-corrected chi connectivity index (χ4v) is 2.07. The Balaban J connectivity index is 2.29. The van der Waals surface area contributed by atoms with Gasteiger partial charge in [-0.2, -0.15) is 0 Å². The first-order valence-electron chi connectivity index (χ1n) is 5.88. The first-order valence-corrected chi connectivity index (χ1v) is 6.26. The Morgan fingerprint density at radius 3 is 2.37 bits per heavy atom. The molecule has 0 heterocycles. The number of benzene rings is 2. The van der Waals surface area contributed by atoms with Crippen LogP contribution in [0.5, 0.6) is 0 Å². The second-order valence-corrected chi connectivity index (χ2v) is 4.53. The topological polar surface area (TPSA) is 49.3 Å². The largest absolute Gasteiger partial charge is 0.378 e. The molecule has 0 aromatic heterocycles. The molecule has 2 aromatic carbocycles. The smallest absolute Gasteiger partial charge is 0.253 e. The minimum absolute atomic E-state index is 0.425. The van der Waals surface area contributed by atoms with Crippen molar-refractivity contribution in [2.75, 3.05) is 7.05 Å². The molecule has 0 aliphatic rings. The average molecular weight is 276 g/mol. The van der Waals surface area contributed by atoms with Crippen LogP contribution in [0.15, 0.2) is 48.5 Å². The van der Waals surface area contributed by atoms with Gasteiger partial charge in [0.25, 0.3) is 5.91 Å². The number of aliphatic hydroxyl groups excluding tert-OH is 1. The van der Waals surface area contributed by atoms with Crippen molar-refractivity contribution in [3.8, 4) is 11.1 Å². The van der Waals surface area contributed by atoms with Crippen LogP contribution in [-0.2, 0) is 4.79 Å². The van der Waals surface area contributed by atoms with Gasteiger partial charge in [-0.15, -0.1) is 0 Å². The standard InChI is InChI=1S/C15H14ClNO2/c1-17-15(19)14(18)11-8-6-10(7-9-11)12-4-2-3-5-13(12)16/h2-9,14,18H,1H3,(H,17,19). The normalized spacial score (nSPS) is 11.9. The van der Waals surface area contributed by atoms with E-state index in [4.69, 9.17) is 11.6 Å². The molecule has 0 fully saturated rings. The quantitative estimate of drug-likeness (QED) is 0.905. The van der Waals surface area contributed by atoms with E-state index in [-0.39, 0.29) is 0 Å². The maximum atomic E-state index is 11.3. The molecule has 0 aliphatic carbocycles. The average Bonchev–Trinajstić information content (AvgIpc) is 2.46. The summed E-state index contributed by atoms with van der Waals surface area (Å²) in [6.45, 7) is 0. The Morgan fingerprint density at radius 1 is 1.16 bits per heavy atom. The van der Waals surface area contributed by atoms with Crippen molar-refractivity contribution < 1.29 is 9.90 Å². The van der Waals surface area contributed by atoms with Crippen LogP contribution in [0.2, 0.25) is 5.02 Å². The molecule has 2 rings (SSSR count). The number of nitrogens with one attached hydrogen (secondary N) is 1. The molecular weight excluding hydrogens is 262 g/mol. The van der Waals surface area contributed by atoms with Gasteiger partial charge in [0, 0.05) is 17.6 Å². The van der Waals surface area contributed by atoms with Crippen LogP contribution in [0.4, 0.5) is 0 Å². The molecule has 0 aliphatic heterocycles. The fourth-order valence-electron chi connectivity index (χ4n) is 1.83. The Bertz CT molecular complexity index is 581. The highest BCUT2D eigenvalue weighted by Crippen LogP contribution is 2.28. The van der Waals surface area contributed by atoms with Crippen molar-refractivity contribution >= 4 is 17.5 Å². The lowest BCUT2D eigenvalue weighted by atomic mass is 10.0. The van der Waals surface area contributed by atoms with E-state index in [0.717, 1.165) is 11.1 Å². The Hall–Kier alpha value is -1.84. The number of hydrogen-bond acceptors (Lipinski definition) is 2. The summed E-state index contributed by atoms with van der Waals surface area (Å²) >= 11 is 6.12. The minimum atomic E-state index is -1.15. The Kier molecular flexibility index (Phi) is 4.20. The van der Waals surface area contributed by atoms with E-state index < -0.39 is 12.0 Å². The van der Waals surface area contributed by atoms with Gasteiger partial charge in [-0.3, -0.25) is 4.79 Å². The molecule has 1 amide bonds. The molecule has 0 saturated heterocycles. The van der Waals surface area contributed by atoms with Crippen LogP contribution in [-0.4, -0.2) is 18.1 Å². The van der Waals surface area contributed by atoms with Crippen molar-refractivity contribution in [1.82, 2.24) is 5.32 Å². The minimum Gasteiger partial charge on any atom is -0.378 e. The van der Waals surface area contributed by atoms with Crippen LogP contribution in [0.1, 0.15) is 11.7 Å².